The number of nitrogens with one attached hydrogen (secondary N) is 1. The van der Waals surface area contributed by atoms with E-state index in [0.29, 0.717) is 0 Å². The van der Waals surface area contributed by atoms with Gasteiger partial charge in [0.2, 0.25) is 0 Å². The molecule has 3 saturated heterocycles. The van der Waals surface area contributed by atoms with Gasteiger partial charge >= 0.3 is 47.9 Å². The van der Waals surface area contributed by atoms with Crippen molar-refractivity contribution >= 4 is 47.9 Å². The maximum absolute atomic E-state index is 14.1. The van der Waals surface area contributed by atoms with Gasteiger partial charge in [0.1, 0.15) is 24.9 Å². The van der Waals surface area contributed by atoms with Gasteiger partial charge in [-0.15, -0.1) is 0 Å². The number of rotatable bonds is 17. The molecule has 6 rings (SSSR count). The molecular weight excluding hydrogens is 874 g/mol. The first-order chi connectivity index (χ1) is 31.6. The predicted molar refractivity (Wildman–Crippen MR) is 218 cm³/mol. The summed E-state index contributed by atoms with van der Waals surface area (Å²) in [6.07, 6.45) is -16.1. The first kappa shape index (κ1) is 48.5. The Balaban J connectivity index is 1.42. The minimum Gasteiger partial charge on any atom is -0.465 e. The van der Waals surface area contributed by atoms with Crippen LogP contribution in [-0.4, -0.2) is 142 Å². The monoisotopic (exact) mass is 921 g/mol. The van der Waals surface area contributed by atoms with Crippen molar-refractivity contribution in [1.82, 2.24) is 5.32 Å². The predicted octanol–water partition coefficient (Wildman–Crippen LogP) is 2.61. The summed E-state index contributed by atoms with van der Waals surface area (Å²) in [6, 6.07) is 22.1. The first-order valence-corrected chi connectivity index (χ1v) is 20.4. The van der Waals surface area contributed by atoms with Crippen LogP contribution < -0.4 is 5.32 Å². The Morgan fingerprint density at radius 1 is 0.697 bits per heavy atom. The van der Waals surface area contributed by atoms with Crippen LogP contribution in [0.3, 0.4) is 0 Å². The Bertz CT molecular complexity index is 2220. The van der Waals surface area contributed by atoms with Gasteiger partial charge in [-0.05, 0) is 36.4 Å². The molecule has 3 fully saturated rings. The summed E-state index contributed by atoms with van der Waals surface area (Å²) in [6.45, 7) is 1.65. The highest BCUT2D eigenvalue weighted by molar-refractivity contribution is 5.91. The Hall–Kier alpha value is -6.94. The second kappa shape index (κ2) is 21.8. The third-order valence-electron chi connectivity index (χ3n) is 10.4. The molecule has 0 saturated carbocycles. The van der Waals surface area contributed by atoms with E-state index in [9.17, 15) is 38.4 Å². The van der Waals surface area contributed by atoms with Crippen molar-refractivity contribution in [3.8, 4) is 0 Å². The molecule has 21 heteroatoms. The summed E-state index contributed by atoms with van der Waals surface area (Å²) in [5, 5.41) is 2.54. The molecule has 0 unspecified atom stereocenters. The molecule has 0 aromatic heterocycles. The van der Waals surface area contributed by atoms with E-state index in [4.69, 9.17) is 56.8 Å². The van der Waals surface area contributed by atoms with Crippen LogP contribution in [0.15, 0.2) is 91.0 Å². The van der Waals surface area contributed by atoms with Gasteiger partial charge in [-0.25, -0.2) is 24.0 Å². The number of fused-ring (bicyclic) bond motifs is 1. The fraction of sp³-hybridized carbons (Fsp3) is 0.422. The van der Waals surface area contributed by atoms with E-state index >= 15 is 0 Å². The quantitative estimate of drug-likeness (QED) is 0.151. The zero-order chi connectivity index (χ0) is 47.5. The smallest absolute Gasteiger partial charge is 0.407 e. The highest BCUT2D eigenvalue weighted by Crippen LogP contribution is 2.40. The Morgan fingerprint density at radius 2 is 1.21 bits per heavy atom. The zero-order valence-corrected chi connectivity index (χ0v) is 36.2. The number of alkyl carbamates (subject to hydrolysis) is 1. The van der Waals surface area contributed by atoms with Gasteiger partial charge in [0, 0.05) is 27.9 Å². The molecule has 3 heterocycles. The molecule has 0 bridgehead atoms. The summed E-state index contributed by atoms with van der Waals surface area (Å²) in [5.74, 6) is -9.24. The average Bonchev–Trinajstić information content (AvgIpc) is 3.69. The Labute approximate surface area is 377 Å². The largest absolute Gasteiger partial charge is 0.465 e. The highest BCUT2D eigenvalue weighted by Gasteiger charge is 2.62. The van der Waals surface area contributed by atoms with Crippen molar-refractivity contribution in [2.45, 2.75) is 94.1 Å². The van der Waals surface area contributed by atoms with E-state index in [-0.39, 0.29) is 16.7 Å². The number of amides is 1. The Morgan fingerprint density at radius 3 is 1.70 bits per heavy atom. The number of benzene rings is 3. The number of carbonyl (C=O) groups is 8. The number of carbonyl (C=O) groups excluding carboxylic acids is 8. The molecule has 3 aromatic rings. The van der Waals surface area contributed by atoms with Crippen molar-refractivity contribution in [3.05, 3.63) is 108 Å². The fourth-order valence-electron chi connectivity index (χ4n) is 7.53. The van der Waals surface area contributed by atoms with Crippen LogP contribution in [0.4, 0.5) is 4.79 Å². The molecule has 0 aliphatic carbocycles. The minimum absolute atomic E-state index is 0.0516. The van der Waals surface area contributed by atoms with Crippen LogP contribution in [0.2, 0.25) is 0 Å². The molecule has 66 heavy (non-hydrogen) atoms. The minimum atomic E-state index is -2.61. The number of esters is 7. The maximum atomic E-state index is 14.1. The van der Waals surface area contributed by atoms with Crippen LogP contribution in [-0.2, 0) is 76.0 Å². The van der Waals surface area contributed by atoms with Crippen LogP contribution in [0.5, 0.6) is 0 Å². The van der Waals surface area contributed by atoms with Gasteiger partial charge in [0.15, 0.2) is 36.8 Å². The number of ether oxygens (including phenoxy) is 12. The summed E-state index contributed by atoms with van der Waals surface area (Å²) in [5.41, 5.74) is 0.218. The number of methoxy groups -OCH3 is 2. The lowest BCUT2D eigenvalue weighted by molar-refractivity contribution is -0.333. The fourth-order valence-corrected chi connectivity index (χ4v) is 7.53. The van der Waals surface area contributed by atoms with Gasteiger partial charge in [0.25, 0.3) is 5.79 Å². The van der Waals surface area contributed by atoms with E-state index < -0.39 is 134 Å². The number of hydrogen-bond donors (Lipinski definition) is 1. The lowest BCUT2D eigenvalue weighted by atomic mass is 9.88. The van der Waals surface area contributed by atoms with E-state index in [0.717, 1.165) is 27.9 Å². The summed E-state index contributed by atoms with van der Waals surface area (Å²) < 4.78 is 69.5. The van der Waals surface area contributed by atoms with Crippen molar-refractivity contribution in [1.29, 1.82) is 0 Å². The highest BCUT2D eigenvalue weighted by atomic mass is 16.8. The molecular formula is C45H47NO20. The molecule has 0 spiro atoms. The normalized spacial score (nSPS) is 26.3. The molecule has 1 amide bonds. The lowest BCUT2D eigenvalue weighted by Gasteiger charge is -2.47. The van der Waals surface area contributed by atoms with Gasteiger partial charge in [-0.3, -0.25) is 14.4 Å². The van der Waals surface area contributed by atoms with Crippen LogP contribution in [0, 0.1) is 0 Å². The second-order valence-electron chi connectivity index (χ2n) is 15.0. The van der Waals surface area contributed by atoms with E-state index in [1.54, 1.807) is 54.6 Å². The topological polar surface area (TPSA) is 259 Å². The molecule has 0 radical (unpaired) electrons. The van der Waals surface area contributed by atoms with E-state index in [1.807, 2.05) is 0 Å². The Kier molecular flexibility index (Phi) is 16.0. The molecule has 1 N–H and O–H groups in total. The van der Waals surface area contributed by atoms with Crippen molar-refractivity contribution in [2.24, 2.45) is 0 Å². The van der Waals surface area contributed by atoms with Crippen molar-refractivity contribution in [3.63, 3.8) is 0 Å². The van der Waals surface area contributed by atoms with Crippen molar-refractivity contribution < 1.29 is 95.2 Å². The standard InChI is InChI=1S/C45H47NO20/c1-24(47)57-22-31(59-25(2)48)34(60-26(3)49)36-33-30(62-44(54)46-33)21-45(66-36,43(53)56-5)58-23-32-35(63-39(50)27-15-9-6-10-16-27)37(64-40(51)28-17-11-7-12-18-28)38(42(55-4)61-32)65-41(52)29-19-13-8-14-20-29/h6-20,30-38,42H,21-23H2,1-5H3,(H,46,54)/t30-,31+,32+,33+,34+,35+,36+,37-,38+,42-,45+/m0/s1. The van der Waals surface area contributed by atoms with Crippen LogP contribution in [0.1, 0.15) is 58.3 Å². The van der Waals surface area contributed by atoms with Gasteiger partial charge in [0.05, 0.1) is 42.9 Å². The zero-order valence-electron chi connectivity index (χ0n) is 36.2. The number of hydrogen-bond acceptors (Lipinski definition) is 20. The van der Waals surface area contributed by atoms with Gasteiger partial charge in [-0.2, -0.15) is 0 Å². The lowest BCUT2D eigenvalue weighted by Crippen LogP contribution is -2.67. The molecule has 3 aliphatic rings. The average molecular weight is 922 g/mol. The summed E-state index contributed by atoms with van der Waals surface area (Å²) in [4.78, 5) is 105. The summed E-state index contributed by atoms with van der Waals surface area (Å²) in [7, 11) is 2.20. The molecule has 3 aromatic carbocycles. The third kappa shape index (κ3) is 11.7. The van der Waals surface area contributed by atoms with Crippen molar-refractivity contribution in [2.75, 3.05) is 27.4 Å². The molecule has 11 atom stereocenters. The first-order valence-electron chi connectivity index (χ1n) is 20.4. The summed E-state index contributed by atoms with van der Waals surface area (Å²) >= 11 is 0. The third-order valence-corrected chi connectivity index (χ3v) is 10.4. The SMILES string of the molecule is COC(=O)[C@@]1(OC[C@H]2O[C@H](OC)[C@H](OC(=O)c3ccccc3)[C@@H](OC(=O)c3ccccc3)[C@@H]2OC(=O)c2ccccc2)C[C@@H]2OC(=O)N[C@H]2[C@H]([C@H](OC(C)=O)[C@@H](COC(C)=O)OC(C)=O)O1. The van der Waals surface area contributed by atoms with Crippen LogP contribution in [0.25, 0.3) is 0 Å². The second-order valence-corrected chi connectivity index (χ2v) is 15.0. The maximum Gasteiger partial charge on any atom is 0.407 e. The van der Waals surface area contributed by atoms with Gasteiger partial charge in [-0.1, -0.05) is 54.6 Å². The molecule has 21 nitrogen and oxygen atoms in total. The van der Waals surface area contributed by atoms with Crippen LogP contribution >= 0.6 is 0 Å². The molecule has 3 aliphatic heterocycles. The van der Waals surface area contributed by atoms with E-state index in [2.05, 4.69) is 5.32 Å². The van der Waals surface area contributed by atoms with Gasteiger partial charge < -0.3 is 62.2 Å². The van der Waals surface area contributed by atoms with E-state index in [1.165, 1.54) is 43.5 Å². The molecule has 352 valence electrons.